The maximum atomic E-state index is 13.1. The highest BCUT2D eigenvalue weighted by atomic mass is 32.2. The van der Waals surface area contributed by atoms with Gasteiger partial charge >= 0.3 is 6.18 Å². The summed E-state index contributed by atoms with van der Waals surface area (Å²) in [7, 11) is -4.07. The first-order valence-corrected chi connectivity index (χ1v) is 7.84. The van der Waals surface area contributed by atoms with Gasteiger partial charge < -0.3 is 9.73 Å². The summed E-state index contributed by atoms with van der Waals surface area (Å²) in [5, 5.41) is 2.55. The number of nitrogens with one attached hydrogen (secondary N) is 2. The Labute approximate surface area is 120 Å². The molecule has 1 fully saturated rings. The molecular weight excluding hydrogens is 311 g/mol. The number of sulfonamides is 1. The molecule has 1 aliphatic rings. The summed E-state index contributed by atoms with van der Waals surface area (Å²) in [4.78, 5) is 1.22. The number of piperazine rings is 1. The number of nitrogens with zero attached hydrogens (tertiary/aromatic N) is 1. The highest BCUT2D eigenvalue weighted by Gasteiger charge is 2.44. The zero-order valence-electron chi connectivity index (χ0n) is 11.1. The van der Waals surface area contributed by atoms with Crippen LogP contribution in [0.2, 0.25) is 0 Å². The predicted molar refractivity (Wildman–Crippen MR) is 68.2 cm³/mol. The van der Waals surface area contributed by atoms with Crippen LogP contribution < -0.4 is 10.0 Å². The lowest BCUT2D eigenvalue weighted by molar-refractivity contribution is -0.182. The van der Waals surface area contributed by atoms with Gasteiger partial charge in [-0.25, -0.2) is 13.1 Å². The maximum Gasteiger partial charge on any atom is 0.405 e. The van der Waals surface area contributed by atoms with Gasteiger partial charge in [0.05, 0.1) is 6.26 Å². The van der Waals surface area contributed by atoms with Gasteiger partial charge in [0.2, 0.25) is 5.09 Å². The second kappa shape index (κ2) is 6.34. The van der Waals surface area contributed by atoms with Crippen molar-refractivity contribution in [2.75, 3.05) is 32.7 Å². The van der Waals surface area contributed by atoms with Crippen molar-refractivity contribution >= 4 is 10.0 Å². The molecule has 1 aromatic heterocycles. The van der Waals surface area contributed by atoms with E-state index < -0.39 is 33.9 Å². The van der Waals surface area contributed by atoms with E-state index in [0.717, 1.165) is 6.26 Å². The maximum absolute atomic E-state index is 13.1. The molecule has 1 aliphatic heterocycles. The van der Waals surface area contributed by atoms with Gasteiger partial charge in [-0.2, -0.15) is 13.2 Å². The Morgan fingerprint density at radius 3 is 2.57 bits per heavy atom. The number of alkyl halides is 3. The van der Waals surface area contributed by atoms with Crippen LogP contribution >= 0.6 is 0 Å². The van der Waals surface area contributed by atoms with Crippen LogP contribution in [0.25, 0.3) is 0 Å². The van der Waals surface area contributed by atoms with Gasteiger partial charge in [-0.05, 0) is 12.1 Å². The Morgan fingerprint density at radius 2 is 2.05 bits per heavy atom. The molecule has 120 valence electrons. The zero-order chi connectivity index (χ0) is 15.5. The van der Waals surface area contributed by atoms with Gasteiger partial charge in [-0.1, -0.05) is 0 Å². The molecular formula is C11H16F3N3O3S. The highest BCUT2D eigenvalue weighted by molar-refractivity contribution is 7.89. The van der Waals surface area contributed by atoms with E-state index in [4.69, 9.17) is 4.42 Å². The summed E-state index contributed by atoms with van der Waals surface area (Å²) < 4.78 is 69.6. The number of hydrogen-bond donors (Lipinski definition) is 2. The van der Waals surface area contributed by atoms with E-state index in [9.17, 15) is 21.6 Å². The van der Waals surface area contributed by atoms with Crippen LogP contribution in [0.3, 0.4) is 0 Å². The van der Waals surface area contributed by atoms with Crippen LogP contribution in [0.15, 0.2) is 27.9 Å². The van der Waals surface area contributed by atoms with Crippen molar-refractivity contribution in [3.63, 3.8) is 0 Å². The van der Waals surface area contributed by atoms with E-state index in [1.54, 1.807) is 0 Å². The summed E-state index contributed by atoms with van der Waals surface area (Å²) in [5.74, 6) is 0. The molecule has 0 spiro atoms. The third-order valence-electron chi connectivity index (χ3n) is 3.20. The summed E-state index contributed by atoms with van der Waals surface area (Å²) in [5.41, 5.74) is 0. The van der Waals surface area contributed by atoms with Crippen LogP contribution in [0, 0.1) is 0 Å². The zero-order valence-corrected chi connectivity index (χ0v) is 11.9. The first-order valence-electron chi connectivity index (χ1n) is 6.35. The Kier molecular flexibility index (Phi) is 4.91. The third-order valence-corrected chi connectivity index (χ3v) is 4.51. The van der Waals surface area contributed by atoms with E-state index in [1.165, 1.54) is 17.0 Å². The molecule has 0 saturated carbocycles. The van der Waals surface area contributed by atoms with Crippen molar-refractivity contribution in [1.82, 2.24) is 14.9 Å². The number of rotatable bonds is 5. The summed E-state index contributed by atoms with van der Waals surface area (Å²) in [6, 6.07) is 0.673. The van der Waals surface area contributed by atoms with Crippen molar-refractivity contribution in [2.45, 2.75) is 17.3 Å². The lowest BCUT2D eigenvalue weighted by Crippen LogP contribution is -2.57. The minimum absolute atomic E-state index is 0.215. The van der Waals surface area contributed by atoms with Gasteiger partial charge in [0, 0.05) is 32.7 Å². The lowest BCUT2D eigenvalue weighted by Gasteiger charge is -2.35. The number of halogens is 3. The molecule has 0 bridgehead atoms. The molecule has 6 nitrogen and oxygen atoms in total. The van der Waals surface area contributed by atoms with Crippen LogP contribution in [-0.4, -0.2) is 58.3 Å². The molecule has 0 radical (unpaired) electrons. The molecule has 2 rings (SSSR count). The van der Waals surface area contributed by atoms with Crippen molar-refractivity contribution in [3.05, 3.63) is 18.4 Å². The first-order chi connectivity index (χ1) is 9.81. The van der Waals surface area contributed by atoms with Gasteiger partial charge in [-0.15, -0.1) is 0 Å². The Balaban J connectivity index is 2.06. The molecule has 21 heavy (non-hydrogen) atoms. The van der Waals surface area contributed by atoms with E-state index >= 15 is 0 Å². The topological polar surface area (TPSA) is 74.6 Å². The second-order valence-electron chi connectivity index (χ2n) is 4.63. The molecule has 0 aliphatic carbocycles. The van der Waals surface area contributed by atoms with Crippen LogP contribution in [0.1, 0.15) is 0 Å². The molecule has 1 unspecified atom stereocenters. The van der Waals surface area contributed by atoms with E-state index in [1.807, 2.05) is 4.72 Å². The highest BCUT2D eigenvalue weighted by Crippen LogP contribution is 2.25. The minimum atomic E-state index is -4.51. The molecule has 1 saturated heterocycles. The van der Waals surface area contributed by atoms with Gasteiger partial charge in [-0.3, -0.25) is 4.90 Å². The lowest BCUT2D eigenvalue weighted by atomic mass is 10.2. The van der Waals surface area contributed by atoms with E-state index in [0.29, 0.717) is 13.1 Å². The quantitative estimate of drug-likeness (QED) is 0.819. The first kappa shape index (κ1) is 16.3. The van der Waals surface area contributed by atoms with Gasteiger partial charge in [0.25, 0.3) is 10.0 Å². The average Bonchev–Trinajstić information content (AvgIpc) is 2.93. The molecule has 0 aromatic carbocycles. The van der Waals surface area contributed by atoms with E-state index in [2.05, 4.69) is 5.32 Å². The Hall–Kier alpha value is -1.10. The van der Waals surface area contributed by atoms with Crippen molar-refractivity contribution in [3.8, 4) is 0 Å². The normalized spacial score (nSPS) is 19.6. The van der Waals surface area contributed by atoms with Crippen LogP contribution in [0.5, 0.6) is 0 Å². The molecule has 2 N–H and O–H groups in total. The fraction of sp³-hybridized carbons (Fsp3) is 0.636. The third kappa shape index (κ3) is 4.19. The van der Waals surface area contributed by atoms with Gasteiger partial charge in [0.1, 0.15) is 6.04 Å². The fourth-order valence-corrected chi connectivity index (χ4v) is 3.08. The van der Waals surface area contributed by atoms with Crippen LogP contribution in [0.4, 0.5) is 13.2 Å². The van der Waals surface area contributed by atoms with Crippen LogP contribution in [-0.2, 0) is 10.0 Å². The number of hydrogen-bond acceptors (Lipinski definition) is 5. The van der Waals surface area contributed by atoms with Crippen molar-refractivity contribution in [1.29, 1.82) is 0 Å². The SMILES string of the molecule is O=S(=O)(NCC(N1CCNCC1)C(F)(F)F)c1ccco1. The largest absolute Gasteiger partial charge is 0.452 e. The molecule has 10 heteroatoms. The molecule has 1 atom stereocenters. The fourth-order valence-electron chi connectivity index (χ4n) is 2.12. The van der Waals surface area contributed by atoms with Gasteiger partial charge in [0.15, 0.2) is 0 Å². The standard InChI is InChI=1S/C11H16F3N3O3S/c12-11(13,14)9(17-5-3-15-4-6-17)8-16-21(18,19)10-2-1-7-20-10/h1-2,7,9,15-16H,3-6,8H2. The summed E-state index contributed by atoms with van der Waals surface area (Å²) in [6.45, 7) is 0.570. The second-order valence-corrected chi connectivity index (χ2v) is 6.33. The Bertz CT molecular complexity index is 539. The molecule has 0 amide bonds. The molecule has 2 heterocycles. The predicted octanol–water partition coefficient (Wildman–Crippen LogP) is 0.394. The monoisotopic (exact) mass is 327 g/mol. The Morgan fingerprint density at radius 1 is 1.38 bits per heavy atom. The average molecular weight is 327 g/mol. The summed E-state index contributed by atoms with van der Waals surface area (Å²) in [6.07, 6.45) is -3.37. The van der Waals surface area contributed by atoms with Crippen molar-refractivity contribution in [2.24, 2.45) is 0 Å². The summed E-state index contributed by atoms with van der Waals surface area (Å²) >= 11 is 0. The number of furan rings is 1. The molecule has 1 aromatic rings. The minimum Gasteiger partial charge on any atom is -0.452 e. The smallest absolute Gasteiger partial charge is 0.405 e. The van der Waals surface area contributed by atoms with E-state index in [-0.39, 0.29) is 13.1 Å². The van der Waals surface area contributed by atoms with Crippen molar-refractivity contribution < 1.29 is 26.0 Å².